The van der Waals surface area contributed by atoms with Crippen molar-refractivity contribution in [1.82, 2.24) is 15.3 Å². The molecular weight excluding hydrogens is 288 g/mol. The van der Waals surface area contributed by atoms with Crippen LogP contribution in [0.1, 0.15) is 43.2 Å². The van der Waals surface area contributed by atoms with Gasteiger partial charge in [0, 0.05) is 19.3 Å². The van der Waals surface area contributed by atoms with Crippen molar-refractivity contribution in [3.05, 3.63) is 17.5 Å². The monoisotopic (exact) mass is 310 g/mol. The van der Waals surface area contributed by atoms with E-state index < -0.39 is 17.7 Å². The Labute approximate surface area is 129 Å². The van der Waals surface area contributed by atoms with E-state index in [-0.39, 0.29) is 5.56 Å². The predicted octanol–water partition coefficient (Wildman–Crippen LogP) is 1.81. The highest BCUT2D eigenvalue weighted by atomic mass is 16.6. The van der Waals surface area contributed by atoms with Gasteiger partial charge < -0.3 is 20.5 Å². The molecule has 8 nitrogen and oxygen atoms in total. The van der Waals surface area contributed by atoms with Gasteiger partial charge in [0.1, 0.15) is 5.60 Å². The molecule has 0 atom stereocenters. The van der Waals surface area contributed by atoms with E-state index in [2.05, 4.69) is 20.6 Å². The number of nitrogens with zero attached hydrogens (tertiary/aromatic N) is 2. The molecule has 0 radical (unpaired) electrons. The highest BCUT2D eigenvalue weighted by Gasteiger charge is 2.15. The van der Waals surface area contributed by atoms with E-state index in [1.165, 1.54) is 6.20 Å². The molecule has 0 spiro atoms. The minimum atomic E-state index is -1.05. The SMILES string of the molecule is Cc1nc(NCCCNC(=O)OC(C)(C)C)ncc1C(=O)O. The summed E-state index contributed by atoms with van der Waals surface area (Å²) in [5.74, 6) is -0.689. The lowest BCUT2D eigenvalue weighted by atomic mass is 10.2. The molecule has 8 heteroatoms. The summed E-state index contributed by atoms with van der Waals surface area (Å²) in [6, 6.07) is 0. The average molecular weight is 310 g/mol. The fourth-order valence-corrected chi connectivity index (χ4v) is 1.56. The zero-order valence-corrected chi connectivity index (χ0v) is 13.3. The number of amides is 1. The van der Waals surface area contributed by atoms with Gasteiger partial charge in [-0.15, -0.1) is 0 Å². The Morgan fingerprint density at radius 1 is 1.32 bits per heavy atom. The maximum Gasteiger partial charge on any atom is 0.407 e. The average Bonchev–Trinajstić information content (AvgIpc) is 2.35. The van der Waals surface area contributed by atoms with Crippen molar-refractivity contribution in [2.75, 3.05) is 18.4 Å². The fraction of sp³-hybridized carbons (Fsp3) is 0.571. The third-order valence-corrected chi connectivity index (χ3v) is 2.51. The van der Waals surface area contributed by atoms with Crippen molar-refractivity contribution in [1.29, 1.82) is 0 Å². The molecule has 122 valence electrons. The lowest BCUT2D eigenvalue weighted by Crippen LogP contribution is -2.33. The van der Waals surface area contributed by atoms with Crippen molar-refractivity contribution >= 4 is 18.0 Å². The van der Waals surface area contributed by atoms with Crippen molar-refractivity contribution < 1.29 is 19.4 Å². The van der Waals surface area contributed by atoms with Gasteiger partial charge in [-0.25, -0.2) is 19.6 Å². The van der Waals surface area contributed by atoms with Crippen molar-refractivity contribution in [3.63, 3.8) is 0 Å². The Balaban J connectivity index is 2.29. The summed E-state index contributed by atoms with van der Waals surface area (Å²) in [6.07, 6.45) is 1.47. The van der Waals surface area contributed by atoms with Gasteiger partial charge in [-0.3, -0.25) is 0 Å². The summed E-state index contributed by atoms with van der Waals surface area (Å²) in [4.78, 5) is 30.2. The van der Waals surface area contributed by atoms with Crippen molar-refractivity contribution in [2.45, 2.75) is 39.7 Å². The number of aromatic carboxylic acids is 1. The third-order valence-electron chi connectivity index (χ3n) is 2.51. The van der Waals surface area contributed by atoms with Crippen LogP contribution >= 0.6 is 0 Å². The fourth-order valence-electron chi connectivity index (χ4n) is 1.56. The minimum Gasteiger partial charge on any atom is -0.478 e. The molecule has 3 N–H and O–H groups in total. The highest BCUT2D eigenvalue weighted by Crippen LogP contribution is 2.07. The van der Waals surface area contributed by atoms with Gasteiger partial charge in [0.2, 0.25) is 5.95 Å². The first kappa shape index (κ1) is 17.7. The Morgan fingerprint density at radius 2 is 2.00 bits per heavy atom. The summed E-state index contributed by atoms with van der Waals surface area (Å²) in [5.41, 5.74) is -0.0337. The van der Waals surface area contributed by atoms with E-state index in [4.69, 9.17) is 9.84 Å². The number of hydrogen-bond acceptors (Lipinski definition) is 6. The molecule has 0 aliphatic heterocycles. The van der Waals surface area contributed by atoms with Crippen LogP contribution in [-0.4, -0.2) is 45.8 Å². The molecule has 0 saturated carbocycles. The second kappa shape index (κ2) is 7.58. The quantitative estimate of drug-likeness (QED) is 0.687. The molecule has 1 heterocycles. The van der Waals surface area contributed by atoms with Gasteiger partial charge >= 0.3 is 12.1 Å². The van der Waals surface area contributed by atoms with E-state index in [1.807, 2.05) is 0 Å². The zero-order chi connectivity index (χ0) is 16.8. The lowest BCUT2D eigenvalue weighted by Gasteiger charge is -2.19. The van der Waals surface area contributed by atoms with Crippen molar-refractivity contribution in [2.24, 2.45) is 0 Å². The van der Waals surface area contributed by atoms with Crippen LogP contribution in [0.3, 0.4) is 0 Å². The van der Waals surface area contributed by atoms with Crippen LogP contribution in [0.2, 0.25) is 0 Å². The maximum absolute atomic E-state index is 11.4. The van der Waals surface area contributed by atoms with Crippen LogP contribution in [-0.2, 0) is 4.74 Å². The van der Waals surface area contributed by atoms with Crippen LogP contribution in [0.5, 0.6) is 0 Å². The molecule has 0 bridgehead atoms. The molecule has 1 aromatic rings. The minimum absolute atomic E-state index is 0.0807. The smallest absolute Gasteiger partial charge is 0.407 e. The van der Waals surface area contributed by atoms with Crippen LogP contribution in [0.15, 0.2) is 6.20 Å². The van der Waals surface area contributed by atoms with Gasteiger partial charge in [0.25, 0.3) is 0 Å². The van der Waals surface area contributed by atoms with E-state index >= 15 is 0 Å². The second-order valence-electron chi connectivity index (χ2n) is 5.71. The largest absolute Gasteiger partial charge is 0.478 e. The van der Waals surface area contributed by atoms with Gasteiger partial charge in [-0.1, -0.05) is 0 Å². The molecular formula is C14H22N4O4. The van der Waals surface area contributed by atoms with Gasteiger partial charge in [-0.05, 0) is 34.1 Å². The number of hydrogen-bond donors (Lipinski definition) is 3. The van der Waals surface area contributed by atoms with E-state index in [0.29, 0.717) is 31.2 Å². The Kier molecular flexibility index (Phi) is 6.09. The first-order chi connectivity index (χ1) is 10.2. The number of ether oxygens (including phenoxy) is 1. The molecule has 0 saturated heterocycles. The summed E-state index contributed by atoms with van der Waals surface area (Å²) >= 11 is 0. The van der Waals surface area contributed by atoms with E-state index in [9.17, 15) is 9.59 Å². The topological polar surface area (TPSA) is 113 Å². The molecule has 1 rings (SSSR count). The predicted molar refractivity (Wildman–Crippen MR) is 81.1 cm³/mol. The van der Waals surface area contributed by atoms with E-state index in [0.717, 1.165) is 0 Å². The molecule has 0 aromatic carbocycles. The lowest BCUT2D eigenvalue weighted by molar-refractivity contribution is 0.0527. The van der Waals surface area contributed by atoms with Crippen LogP contribution in [0.25, 0.3) is 0 Å². The van der Waals surface area contributed by atoms with Gasteiger partial charge in [0.15, 0.2) is 0 Å². The molecule has 22 heavy (non-hydrogen) atoms. The number of nitrogens with one attached hydrogen (secondary N) is 2. The van der Waals surface area contributed by atoms with Gasteiger partial charge in [0.05, 0.1) is 11.3 Å². The first-order valence-corrected chi connectivity index (χ1v) is 6.96. The number of carbonyl (C=O) groups excluding carboxylic acids is 1. The Bertz CT molecular complexity index is 540. The zero-order valence-electron chi connectivity index (χ0n) is 13.3. The molecule has 1 amide bonds. The highest BCUT2D eigenvalue weighted by molar-refractivity contribution is 5.88. The van der Waals surface area contributed by atoms with Crippen LogP contribution < -0.4 is 10.6 Å². The maximum atomic E-state index is 11.4. The molecule has 1 aromatic heterocycles. The molecule has 0 unspecified atom stereocenters. The molecule has 0 aliphatic carbocycles. The Hall–Kier alpha value is -2.38. The number of carboxylic acid groups (broad SMARTS) is 1. The number of anilines is 1. The first-order valence-electron chi connectivity index (χ1n) is 6.96. The number of rotatable bonds is 6. The summed E-state index contributed by atoms with van der Waals surface area (Å²) in [7, 11) is 0. The molecule has 0 fully saturated rings. The van der Waals surface area contributed by atoms with Crippen LogP contribution in [0.4, 0.5) is 10.7 Å². The number of carboxylic acids is 1. The number of alkyl carbamates (subject to hydrolysis) is 1. The standard InChI is InChI=1S/C14H22N4O4/c1-9-10(11(19)20)8-17-12(18-9)15-6-5-7-16-13(21)22-14(2,3)4/h8H,5-7H2,1-4H3,(H,16,21)(H,19,20)(H,15,17,18). The van der Waals surface area contributed by atoms with Gasteiger partial charge in [-0.2, -0.15) is 0 Å². The normalized spacial score (nSPS) is 10.9. The number of aromatic nitrogens is 2. The molecule has 0 aliphatic rings. The second-order valence-corrected chi connectivity index (χ2v) is 5.71. The third kappa shape index (κ3) is 6.38. The van der Waals surface area contributed by atoms with E-state index in [1.54, 1.807) is 27.7 Å². The Morgan fingerprint density at radius 3 is 2.55 bits per heavy atom. The summed E-state index contributed by atoms with van der Waals surface area (Å²) in [5, 5.41) is 14.5. The number of aryl methyl sites for hydroxylation is 1. The summed E-state index contributed by atoms with van der Waals surface area (Å²) in [6.45, 7) is 8.01. The number of carbonyl (C=O) groups is 2. The van der Waals surface area contributed by atoms with Crippen LogP contribution in [0, 0.1) is 6.92 Å². The van der Waals surface area contributed by atoms with Crippen molar-refractivity contribution in [3.8, 4) is 0 Å². The summed E-state index contributed by atoms with van der Waals surface area (Å²) < 4.78 is 5.10.